The van der Waals surface area contributed by atoms with E-state index in [4.69, 9.17) is 4.42 Å². The van der Waals surface area contributed by atoms with E-state index in [1.54, 1.807) is 30.5 Å². The molecule has 3 aromatic carbocycles. The van der Waals surface area contributed by atoms with Crippen molar-refractivity contribution in [2.24, 2.45) is 0 Å². The van der Waals surface area contributed by atoms with Gasteiger partial charge in [0.2, 0.25) is 5.89 Å². The SMILES string of the molecule is O=S(=O)(c1ccccc1)n1cc(-c2ccc3nc(CN4CCNCC4)oc3c2)c2ccc(F)cc21. The lowest BCUT2D eigenvalue weighted by Gasteiger charge is -2.25. The van der Waals surface area contributed by atoms with Crippen molar-refractivity contribution in [1.82, 2.24) is 19.2 Å². The average Bonchev–Trinajstić information content (AvgIpc) is 3.45. The second-order valence-corrected chi connectivity index (χ2v) is 10.4. The van der Waals surface area contributed by atoms with Crippen molar-refractivity contribution in [3.63, 3.8) is 0 Å². The van der Waals surface area contributed by atoms with Gasteiger partial charge in [0.1, 0.15) is 11.3 Å². The van der Waals surface area contributed by atoms with E-state index in [-0.39, 0.29) is 10.4 Å². The summed E-state index contributed by atoms with van der Waals surface area (Å²) in [6.45, 7) is 4.41. The summed E-state index contributed by atoms with van der Waals surface area (Å²) in [4.78, 5) is 7.05. The van der Waals surface area contributed by atoms with Crippen LogP contribution in [0.5, 0.6) is 0 Å². The molecule has 0 atom stereocenters. The minimum Gasteiger partial charge on any atom is -0.439 e. The molecule has 3 heterocycles. The van der Waals surface area contributed by atoms with E-state index in [9.17, 15) is 12.8 Å². The fraction of sp³-hybridized carbons (Fsp3) is 0.192. The standard InChI is InChI=1S/C26H23FN4O3S/c27-19-7-8-21-22(16-31(24(21)15-19)35(32,33)20-4-2-1-3-5-20)18-6-9-23-25(14-18)34-26(29-23)17-30-12-10-28-11-13-30/h1-9,14-16,28H,10-13,17H2. The van der Waals surface area contributed by atoms with Crippen molar-refractivity contribution in [3.05, 3.63) is 84.6 Å². The second-order valence-electron chi connectivity index (χ2n) is 8.63. The number of benzene rings is 3. The van der Waals surface area contributed by atoms with Gasteiger partial charge in [-0.1, -0.05) is 24.3 Å². The van der Waals surface area contributed by atoms with Gasteiger partial charge < -0.3 is 9.73 Å². The monoisotopic (exact) mass is 490 g/mol. The molecule has 9 heteroatoms. The molecule has 0 bridgehead atoms. The molecule has 6 rings (SSSR count). The fourth-order valence-electron chi connectivity index (χ4n) is 4.57. The summed E-state index contributed by atoms with van der Waals surface area (Å²) >= 11 is 0. The summed E-state index contributed by atoms with van der Waals surface area (Å²) in [6, 6.07) is 17.9. The first-order valence-electron chi connectivity index (χ1n) is 11.4. The Bertz CT molecular complexity index is 1640. The molecule has 0 amide bonds. The molecule has 0 aliphatic carbocycles. The highest BCUT2D eigenvalue weighted by Gasteiger charge is 2.23. The van der Waals surface area contributed by atoms with Gasteiger partial charge >= 0.3 is 0 Å². The molecular weight excluding hydrogens is 467 g/mol. The van der Waals surface area contributed by atoms with Gasteiger partial charge in [0, 0.05) is 43.3 Å². The van der Waals surface area contributed by atoms with Crippen LogP contribution in [0.1, 0.15) is 5.89 Å². The first-order chi connectivity index (χ1) is 17.0. The zero-order chi connectivity index (χ0) is 24.0. The minimum atomic E-state index is -3.92. The van der Waals surface area contributed by atoms with Crippen molar-refractivity contribution >= 4 is 32.0 Å². The summed E-state index contributed by atoms with van der Waals surface area (Å²) in [5, 5.41) is 3.96. The summed E-state index contributed by atoms with van der Waals surface area (Å²) in [5.41, 5.74) is 3.08. The van der Waals surface area contributed by atoms with Crippen LogP contribution in [-0.2, 0) is 16.6 Å². The van der Waals surface area contributed by atoms with Crippen LogP contribution in [-0.4, -0.2) is 48.5 Å². The number of piperazine rings is 1. The lowest BCUT2D eigenvalue weighted by molar-refractivity contribution is 0.214. The quantitative estimate of drug-likeness (QED) is 0.397. The second kappa shape index (κ2) is 8.60. The van der Waals surface area contributed by atoms with Crippen LogP contribution in [0.2, 0.25) is 0 Å². The fourth-order valence-corrected chi connectivity index (χ4v) is 5.96. The third-order valence-electron chi connectivity index (χ3n) is 6.35. The predicted molar refractivity (Wildman–Crippen MR) is 132 cm³/mol. The van der Waals surface area contributed by atoms with Gasteiger partial charge in [-0.3, -0.25) is 4.90 Å². The van der Waals surface area contributed by atoms with Crippen molar-refractivity contribution < 1.29 is 17.2 Å². The number of halogens is 1. The number of fused-ring (bicyclic) bond motifs is 2. The first-order valence-corrected chi connectivity index (χ1v) is 12.9. The normalized spacial score (nSPS) is 15.2. The van der Waals surface area contributed by atoms with Crippen molar-refractivity contribution in [2.45, 2.75) is 11.4 Å². The van der Waals surface area contributed by atoms with Gasteiger partial charge in [0.05, 0.1) is 17.0 Å². The van der Waals surface area contributed by atoms with E-state index >= 15 is 0 Å². The Kier molecular flexibility index (Phi) is 5.40. The van der Waals surface area contributed by atoms with Gasteiger partial charge in [0.15, 0.2) is 5.58 Å². The van der Waals surface area contributed by atoms with Crippen LogP contribution in [0.3, 0.4) is 0 Å². The zero-order valence-electron chi connectivity index (χ0n) is 18.8. The third kappa shape index (κ3) is 4.01. The maximum Gasteiger partial charge on any atom is 0.268 e. The minimum absolute atomic E-state index is 0.135. The number of oxazole rings is 1. The summed E-state index contributed by atoms with van der Waals surface area (Å²) < 4.78 is 48.2. The molecule has 178 valence electrons. The van der Waals surface area contributed by atoms with Crippen molar-refractivity contribution in [2.75, 3.05) is 26.2 Å². The largest absolute Gasteiger partial charge is 0.439 e. The van der Waals surface area contributed by atoms with Crippen LogP contribution in [0.25, 0.3) is 33.1 Å². The van der Waals surface area contributed by atoms with Gasteiger partial charge in [-0.15, -0.1) is 0 Å². The van der Waals surface area contributed by atoms with Crippen LogP contribution in [0.4, 0.5) is 4.39 Å². The third-order valence-corrected chi connectivity index (χ3v) is 8.03. The Morgan fingerprint density at radius 2 is 1.80 bits per heavy atom. The van der Waals surface area contributed by atoms with Crippen LogP contribution in [0, 0.1) is 5.82 Å². The van der Waals surface area contributed by atoms with Gasteiger partial charge in [-0.2, -0.15) is 0 Å². The number of nitrogens with zero attached hydrogens (tertiary/aromatic N) is 3. The zero-order valence-corrected chi connectivity index (χ0v) is 19.6. The average molecular weight is 491 g/mol. The molecule has 1 fully saturated rings. The summed E-state index contributed by atoms with van der Waals surface area (Å²) in [5.74, 6) is 0.144. The van der Waals surface area contributed by atoms with E-state index in [0.29, 0.717) is 29.0 Å². The molecule has 5 aromatic rings. The van der Waals surface area contributed by atoms with Crippen LogP contribution in [0.15, 0.2) is 82.2 Å². The molecule has 0 saturated carbocycles. The molecule has 0 radical (unpaired) electrons. The van der Waals surface area contributed by atoms with E-state index in [1.807, 2.05) is 18.2 Å². The van der Waals surface area contributed by atoms with Gasteiger partial charge in [-0.25, -0.2) is 21.8 Å². The predicted octanol–water partition coefficient (Wildman–Crippen LogP) is 4.23. The van der Waals surface area contributed by atoms with Gasteiger partial charge in [0.25, 0.3) is 10.0 Å². The topological polar surface area (TPSA) is 80.4 Å². The molecule has 1 aliphatic heterocycles. The van der Waals surface area contributed by atoms with E-state index in [2.05, 4.69) is 15.2 Å². The molecule has 0 spiro atoms. The number of aromatic nitrogens is 2. The number of hydrogen-bond acceptors (Lipinski definition) is 6. The number of nitrogens with one attached hydrogen (secondary N) is 1. The van der Waals surface area contributed by atoms with Gasteiger partial charge in [-0.05, 0) is 48.0 Å². The Labute approximate surface area is 201 Å². The molecule has 7 nitrogen and oxygen atoms in total. The number of rotatable bonds is 5. The van der Waals surface area contributed by atoms with Crippen molar-refractivity contribution in [3.8, 4) is 11.1 Å². The van der Waals surface area contributed by atoms with E-state index in [0.717, 1.165) is 41.2 Å². The Morgan fingerprint density at radius 3 is 2.60 bits per heavy atom. The molecule has 1 aliphatic rings. The van der Waals surface area contributed by atoms with E-state index in [1.165, 1.54) is 24.3 Å². The molecule has 35 heavy (non-hydrogen) atoms. The number of hydrogen-bond donors (Lipinski definition) is 1. The lowest BCUT2D eigenvalue weighted by Crippen LogP contribution is -2.42. The lowest BCUT2D eigenvalue weighted by atomic mass is 10.0. The maximum absolute atomic E-state index is 14.2. The Hall–Kier alpha value is -3.53. The van der Waals surface area contributed by atoms with E-state index < -0.39 is 15.8 Å². The highest BCUT2D eigenvalue weighted by Crippen LogP contribution is 2.35. The highest BCUT2D eigenvalue weighted by molar-refractivity contribution is 7.90. The molecule has 2 aromatic heterocycles. The van der Waals surface area contributed by atoms with Crippen molar-refractivity contribution in [1.29, 1.82) is 0 Å². The molecular formula is C26H23FN4O3S. The molecule has 0 unspecified atom stereocenters. The van der Waals surface area contributed by atoms with Crippen LogP contribution < -0.4 is 5.32 Å². The molecule has 1 saturated heterocycles. The maximum atomic E-state index is 14.2. The van der Waals surface area contributed by atoms with Crippen LogP contribution >= 0.6 is 0 Å². The first kappa shape index (κ1) is 22.0. The summed E-state index contributed by atoms with van der Waals surface area (Å²) in [6.07, 6.45) is 1.55. The highest BCUT2D eigenvalue weighted by atomic mass is 32.2. The Balaban J connectivity index is 1.44. The summed E-state index contributed by atoms with van der Waals surface area (Å²) in [7, 11) is -3.92. The smallest absolute Gasteiger partial charge is 0.268 e. The molecule has 1 N–H and O–H groups in total. The Morgan fingerprint density at radius 1 is 1.00 bits per heavy atom.